The summed E-state index contributed by atoms with van der Waals surface area (Å²) in [5, 5.41) is 3.55. The maximum absolute atomic E-state index is 12.3. The summed E-state index contributed by atoms with van der Waals surface area (Å²) in [5.74, 6) is -0.955. The Morgan fingerprint density at radius 1 is 1.28 bits per heavy atom. The number of carbonyl (C=O) groups is 1. The van der Waals surface area contributed by atoms with Crippen LogP contribution in [0.15, 0.2) is 39.8 Å². The first kappa shape index (κ1) is 17.4. The maximum atomic E-state index is 12.3. The molecule has 0 bridgehead atoms. The van der Waals surface area contributed by atoms with Gasteiger partial charge in [0.25, 0.3) is 10.0 Å². The van der Waals surface area contributed by atoms with Crippen molar-refractivity contribution in [2.24, 2.45) is 5.92 Å². The van der Waals surface area contributed by atoms with Crippen LogP contribution in [-0.4, -0.2) is 33.7 Å². The fourth-order valence-electron chi connectivity index (χ4n) is 2.46. The number of nitrogens with one attached hydrogen (secondary N) is 1. The number of aromatic nitrogens is 1. The lowest BCUT2D eigenvalue weighted by molar-refractivity contribution is -0.119. The van der Waals surface area contributed by atoms with E-state index in [0.29, 0.717) is 10.1 Å². The van der Waals surface area contributed by atoms with E-state index >= 15 is 0 Å². The van der Waals surface area contributed by atoms with Gasteiger partial charge < -0.3 is 4.52 Å². The third-order valence-electron chi connectivity index (χ3n) is 3.61. The zero-order valence-corrected chi connectivity index (χ0v) is 15.0. The average molecular weight is 385 g/mol. The summed E-state index contributed by atoms with van der Waals surface area (Å²) in [6, 6.07) is 6.40. The van der Waals surface area contributed by atoms with E-state index in [2.05, 4.69) is 9.88 Å². The van der Waals surface area contributed by atoms with Crippen molar-refractivity contribution in [3.63, 3.8) is 0 Å². The number of amides is 1. The van der Waals surface area contributed by atoms with Gasteiger partial charge in [-0.2, -0.15) is 0 Å². The van der Waals surface area contributed by atoms with Crippen LogP contribution >= 0.6 is 0 Å². The summed E-state index contributed by atoms with van der Waals surface area (Å²) in [4.78, 5) is 11.9. The largest absolute Gasteiger partial charge is 0.360 e. The Labute approximate surface area is 144 Å². The van der Waals surface area contributed by atoms with Gasteiger partial charge in [-0.1, -0.05) is 12.1 Å². The van der Waals surface area contributed by atoms with Gasteiger partial charge in [-0.05, 0) is 31.2 Å². The van der Waals surface area contributed by atoms with E-state index in [-0.39, 0.29) is 22.2 Å². The highest BCUT2D eigenvalue weighted by Gasteiger charge is 2.41. The van der Waals surface area contributed by atoms with E-state index in [1.807, 2.05) is 0 Å². The molecule has 25 heavy (non-hydrogen) atoms. The molecule has 134 valence electrons. The average Bonchev–Trinajstić information content (AvgIpc) is 2.99. The smallest absolute Gasteiger partial charge is 0.263 e. The molecule has 0 spiro atoms. The fourth-order valence-corrected chi connectivity index (χ4v) is 5.26. The molecule has 1 aliphatic rings. The Morgan fingerprint density at radius 3 is 2.40 bits per heavy atom. The van der Waals surface area contributed by atoms with Gasteiger partial charge in [0, 0.05) is 6.07 Å². The Bertz CT molecular complexity index is 1020. The molecule has 1 atom stereocenters. The van der Waals surface area contributed by atoms with Crippen molar-refractivity contribution in [3.05, 3.63) is 36.1 Å². The normalized spacial score (nSPS) is 20.0. The molecular formula is C14H15N3O6S2. The van der Waals surface area contributed by atoms with Crippen molar-refractivity contribution in [2.45, 2.75) is 18.7 Å². The van der Waals surface area contributed by atoms with Gasteiger partial charge in [0.2, 0.25) is 15.9 Å². The molecule has 1 saturated heterocycles. The lowest BCUT2D eigenvalue weighted by Crippen LogP contribution is -2.30. The first-order valence-electron chi connectivity index (χ1n) is 7.23. The molecule has 0 radical (unpaired) electrons. The summed E-state index contributed by atoms with van der Waals surface area (Å²) in [6.07, 6.45) is 0. The number of sulfonamides is 2. The monoisotopic (exact) mass is 385 g/mol. The minimum absolute atomic E-state index is 0.0349. The number of nitrogens with zero attached hydrogens (tertiary/aromatic N) is 2. The second kappa shape index (κ2) is 5.85. The van der Waals surface area contributed by atoms with Crippen molar-refractivity contribution in [1.82, 2.24) is 5.16 Å². The highest BCUT2D eigenvalue weighted by atomic mass is 32.2. The zero-order chi connectivity index (χ0) is 18.4. The molecule has 0 aliphatic carbocycles. The van der Waals surface area contributed by atoms with Crippen molar-refractivity contribution in [3.8, 4) is 0 Å². The lowest BCUT2D eigenvalue weighted by Gasteiger charge is -2.15. The number of benzene rings is 1. The predicted molar refractivity (Wildman–Crippen MR) is 88.9 cm³/mol. The van der Waals surface area contributed by atoms with Gasteiger partial charge in [0.1, 0.15) is 5.76 Å². The van der Waals surface area contributed by atoms with Gasteiger partial charge in [-0.3, -0.25) is 9.52 Å². The van der Waals surface area contributed by atoms with E-state index in [9.17, 15) is 21.6 Å². The minimum Gasteiger partial charge on any atom is -0.360 e. The molecule has 0 saturated carbocycles. The lowest BCUT2D eigenvalue weighted by atomic mass is 10.2. The number of anilines is 2. The summed E-state index contributed by atoms with van der Waals surface area (Å²) in [5.41, 5.74) is 0.102. The molecule has 1 aromatic heterocycles. The van der Waals surface area contributed by atoms with E-state index in [1.54, 1.807) is 6.92 Å². The first-order chi connectivity index (χ1) is 11.6. The molecular weight excluding hydrogens is 370 g/mol. The third-order valence-corrected chi connectivity index (χ3v) is 6.85. The topological polar surface area (TPSA) is 127 Å². The SMILES string of the molecule is Cc1cc(NS(=O)(=O)c2ccc(N3C(=O)C(C)CS3(=O)=O)cc2)no1. The number of carbonyl (C=O) groups excluding carboxylic acids is 1. The molecule has 1 unspecified atom stereocenters. The number of rotatable bonds is 4. The number of aryl methyl sites for hydroxylation is 1. The molecule has 1 N–H and O–H groups in total. The van der Waals surface area contributed by atoms with Gasteiger partial charge in [-0.15, -0.1) is 0 Å². The molecule has 2 aromatic rings. The Morgan fingerprint density at radius 2 is 1.92 bits per heavy atom. The highest BCUT2D eigenvalue weighted by molar-refractivity contribution is 7.94. The van der Waals surface area contributed by atoms with E-state index in [4.69, 9.17) is 4.52 Å². The summed E-state index contributed by atoms with van der Waals surface area (Å²) < 4.78 is 56.5. The summed E-state index contributed by atoms with van der Waals surface area (Å²) >= 11 is 0. The Kier molecular flexibility index (Phi) is 4.07. The van der Waals surface area contributed by atoms with Crippen molar-refractivity contribution in [2.75, 3.05) is 14.8 Å². The predicted octanol–water partition coefficient (Wildman–Crippen LogP) is 1.10. The third kappa shape index (κ3) is 3.24. The molecule has 11 heteroatoms. The van der Waals surface area contributed by atoms with Gasteiger partial charge in [0.05, 0.1) is 22.3 Å². The highest BCUT2D eigenvalue weighted by Crippen LogP contribution is 2.29. The van der Waals surface area contributed by atoms with Crippen LogP contribution in [0.4, 0.5) is 11.5 Å². The molecule has 3 rings (SSSR count). The van der Waals surface area contributed by atoms with Gasteiger partial charge in [0.15, 0.2) is 5.82 Å². The zero-order valence-electron chi connectivity index (χ0n) is 13.3. The standard InChI is InChI=1S/C14H15N3O6S2/c1-9-8-24(19,20)17(14(9)18)11-3-5-12(6-4-11)25(21,22)16-13-7-10(2)23-15-13/h3-7,9H,8H2,1-2H3,(H,15,16). The van der Waals surface area contributed by atoms with Gasteiger partial charge >= 0.3 is 0 Å². The fraction of sp³-hybridized carbons (Fsp3) is 0.286. The molecule has 1 aromatic carbocycles. The van der Waals surface area contributed by atoms with Crippen molar-refractivity contribution < 1.29 is 26.2 Å². The van der Waals surface area contributed by atoms with Crippen LogP contribution in [0.25, 0.3) is 0 Å². The summed E-state index contributed by atoms with van der Waals surface area (Å²) in [6.45, 7) is 3.15. The maximum Gasteiger partial charge on any atom is 0.263 e. The van der Waals surface area contributed by atoms with E-state index < -0.39 is 31.9 Å². The van der Waals surface area contributed by atoms with Crippen LogP contribution in [0.1, 0.15) is 12.7 Å². The molecule has 9 nitrogen and oxygen atoms in total. The second-order valence-corrected chi connectivity index (χ2v) is 9.25. The van der Waals surface area contributed by atoms with Crippen molar-refractivity contribution >= 4 is 37.5 Å². The minimum atomic E-state index is -3.92. The van der Waals surface area contributed by atoms with Crippen LogP contribution in [0.2, 0.25) is 0 Å². The Hall–Kier alpha value is -2.40. The van der Waals surface area contributed by atoms with Crippen LogP contribution in [0.5, 0.6) is 0 Å². The van der Waals surface area contributed by atoms with E-state index in [1.165, 1.54) is 37.3 Å². The molecule has 1 aliphatic heterocycles. The Balaban J connectivity index is 1.88. The van der Waals surface area contributed by atoms with Crippen molar-refractivity contribution in [1.29, 1.82) is 0 Å². The molecule has 1 fully saturated rings. The first-order valence-corrected chi connectivity index (χ1v) is 10.3. The van der Waals surface area contributed by atoms with E-state index in [0.717, 1.165) is 0 Å². The van der Waals surface area contributed by atoms with Gasteiger partial charge in [-0.25, -0.2) is 21.1 Å². The number of hydrogen-bond acceptors (Lipinski definition) is 7. The van der Waals surface area contributed by atoms with Crippen LogP contribution in [0, 0.1) is 12.8 Å². The van der Waals surface area contributed by atoms with Crippen LogP contribution in [-0.2, 0) is 24.8 Å². The van der Waals surface area contributed by atoms with Crippen LogP contribution < -0.4 is 9.03 Å². The van der Waals surface area contributed by atoms with Crippen LogP contribution in [0.3, 0.4) is 0 Å². The molecule has 2 heterocycles. The molecule has 1 amide bonds. The second-order valence-electron chi connectivity index (χ2n) is 5.70. The quantitative estimate of drug-likeness (QED) is 0.835. The summed E-state index contributed by atoms with van der Waals surface area (Å²) in [7, 11) is -7.66. The number of hydrogen-bond donors (Lipinski definition) is 1.